The Kier molecular flexibility index (Phi) is 3.96. The first-order valence-corrected chi connectivity index (χ1v) is 6.55. The summed E-state index contributed by atoms with van der Waals surface area (Å²) < 4.78 is 0. The maximum Gasteiger partial charge on any atom is 0.226 e. The Balaban J connectivity index is 0.000000139. The molecule has 4 aromatic rings. The van der Waals surface area contributed by atoms with E-state index < -0.39 is 0 Å². The summed E-state index contributed by atoms with van der Waals surface area (Å²) in [6, 6.07) is 17.0. The number of aromatic nitrogens is 6. The number of fused-ring (bicyclic) bond motifs is 1. The fourth-order valence-electron chi connectivity index (χ4n) is 1.87. The average Bonchev–Trinajstić information content (AvgIpc) is 3.05. The van der Waals surface area contributed by atoms with Gasteiger partial charge in [0.15, 0.2) is 0 Å². The van der Waals surface area contributed by atoms with Crippen LogP contribution in [0, 0.1) is 0 Å². The molecule has 0 aliphatic rings. The van der Waals surface area contributed by atoms with E-state index in [1.54, 1.807) is 0 Å². The van der Waals surface area contributed by atoms with E-state index in [0.29, 0.717) is 5.69 Å². The topological polar surface area (TPSA) is 100 Å². The second-order valence-corrected chi connectivity index (χ2v) is 4.36. The normalized spacial score (nSPS) is 10.0. The third kappa shape index (κ3) is 3.04. The Morgan fingerprint density at radius 1 is 0.727 bits per heavy atom. The van der Waals surface area contributed by atoms with Crippen molar-refractivity contribution >= 4 is 11.0 Å². The van der Waals surface area contributed by atoms with Crippen molar-refractivity contribution in [3.63, 3.8) is 0 Å². The van der Waals surface area contributed by atoms with Crippen LogP contribution < -0.4 is 5.43 Å². The summed E-state index contributed by atoms with van der Waals surface area (Å²) in [6.07, 6.45) is 1.22. The summed E-state index contributed by atoms with van der Waals surface area (Å²) in [5.41, 5.74) is 2.85. The molecular weight excluding hydrogens is 280 g/mol. The maximum absolute atomic E-state index is 11.3. The highest BCUT2D eigenvalue weighted by Gasteiger charge is 2.01. The minimum atomic E-state index is -0.176. The van der Waals surface area contributed by atoms with Crippen molar-refractivity contribution in [2.24, 2.45) is 0 Å². The van der Waals surface area contributed by atoms with Crippen LogP contribution in [-0.4, -0.2) is 30.8 Å². The zero-order valence-electron chi connectivity index (χ0n) is 11.5. The van der Waals surface area contributed by atoms with Crippen LogP contribution in [0.25, 0.3) is 22.3 Å². The molecule has 0 fully saturated rings. The molecule has 7 nitrogen and oxygen atoms in total. The van der Waals surface area contributed by atoms with E-state index in [4.69, 9.17) is 0 Å². The molecule has 0 spiro atoms. The van der Waals surface area contributed by atoms with Gasteiger partial charge in [0, 0.05) is 5.56 Å². The number of para-hydroxylation sites is 2. The number of nitrogens with one attached hydrogen (secondary N) is 2. The third-order valence-corrected chi connectivity index (χ3v) is 2.90. The second kappa shape index (κ2) is 6.40. The Labute approximate surface area is 125 Å². The van der Waals surface area contributed by atoms with Gasteiger partial charge in [-0.2, -0.15) is 30.8 Å². The van der Waals surface area contributed by atoms with Crippen molar-refractivity contribution in [2.45, 2.75) is 0 Å². The Hall–Kier alpha value is -3.35. The van der Waals surface area contributed by atoms with Crippen molar-refractivity contribution in [1.29, 1.82) is 0 Å². The van der Waals surface area contributed by atoms with Crippen molar-refractivity contribution in [1.82, 2.24) is 30.8 Å². The summed E-state index contributed by atoms with van der Waals surface area (Å²) in [5, 5.41) is 20.0. The van der Waals surface area contributed by atoms with E-state index in [0.717, 1.165) is 16.6 Å². The molecular formula is C15H12N6O. The Morgan fingerprint density at radius 3 is 2.00 bits per heavy atom. The Morgan fingerprint density at radius 2 is 1.36 bits per heavy atom. The van der Waals surface area contributed by atoms with E-state index in [1.807, 2.05) is 54.6 Å². The van der Waals surface area contributed by atoms with Gasteiger partial charge in [-0.05, 0) is 12.1 Å². The molecule has 0 aliphatic carbocycles. The van der Waals surface area contributed by atoms with Gasteiger partial charge in [-0.15, -0.1) is 0 Å². The van der Waals surface area contributed by atoms with Crippen molar-refractivity contribution < 1.29 is 0 Å². The highest BCUT2D eigenvalue weighted by atomic mass is 16.1. The molecule has 0 saturated heterocycles. The van der Waals surface area contributed by atoms with Gasteiger partial charge in [0.1, 0.15) is 16.7 Å². The van der Waals surface area contributed by atoms with Gasteiger partial charge < -0.3 is 0 Å². The first-order chi connectivity index (χ1) is 10.8. The first-order valence-electron chi connectivity index (χ1n) is 6.55. The number of hydrogen-bond donors (Lipinski definition) is 2. The number of H-pyrrole nitrogens is 2. The van der Waals surface area contributed by atoms with Gasteiger partial charge in [0.05, 0.1) is 6.20 Å². The lowest BCUT2D eigenvalue weighted by Crippen LogP contribution is -2.08. The number of hydrogen-bond acceptors (Lipinski definition) is 5. The van der Waals surface area contributed by atoms with Gasteiger partial charge >= 0.3 is 0 Å². The van der Waals surface area contributed by atoms with E-state index in [-0.39, 0.29) is 5.43 Å². The highest BCUT2D eigenvalue weighted by molar-refractivity contribution is 5.72. The SMILES string of the molecule is O=c1cn[nH]nc1-c1ccccc1.c1ccc2n[nH]nc2c1. The number of aromatic amines is 2. The average molecular weight is 292 g/mol. The van der Waals surface area contributed by atoms with Gasteiger partial charge in [-0.1, -0.05) is 42.5 Å². The molecule has 0 radical (unpaired) electrons. The largest absolute Gasteiger partial charge is 0.286 e. The lowest BCUT2D eigenvalue weighted by Gasteiger charge is -1.95. The van der Waals surface area contributed by atoms with Crippen LogP contribution in [0.1, 0.15) is 0 Å². The van der Waals surface area contributed by atoms with Crippen LogP contribution in [0.2, 0.25) is 0 Å². The van der Waals surface area contributed by atoms with Gasteiger partial charge in [0.2, 0.25) is 5.43 Å². The molecule has 2 heterocycles. The molecule has 2 aromatic carbocycles. The highest BCUT2D eigenvalue weighted by Crippen LogP contribution is 2.09. The van der Waals surface area contributed by atoms with Crippen LogP contribution >= 0.6 is 0 Å². The predicted molar refractivity (Wildman–Crippen MR) is 82.0 cm³/mol. The number of nitrogens with zero attached hydrogens (tertiary/aromatic N) is 4. The second-order valence-electron chi connectivity index (χ2n) is 4.36. The minimum Gasteiger partial charge on any atom is -0.286 e. The predicted octanol–water partition coefficient (Wildman–Crippen LogP) is 1.79. The van der Waals surface area contributed by atoms with Gasteiger partial charge in [-0.3, -0.25) is 4.79 Å². The van der Waals surface area contributed by atoms with Crippen molar-refractivity contribution in [3.8, 4) is 11.3 Å². The fraction of sp³-hybridized carbons (Fsp3) is 0. The van der Waals surface area contributed by atoms with Crippen molar-refractivity contribution in [3.05, 3.63) is 71.0 Å². The van der Waals surface area contributed by atoms with Crippen molar-refractivity contribution in [2.75, 3.05) is 0 Å². The summed E-state index contributed by atoms with van der Waals surface area (Å²) in [6.45, 7) is 0. The summed E-state index contributed by atoms with van der Waals surface area (Å²) in [5.74, 6) is 0. The summed E-state index contributed by atoms with van der Waals surface area (Å²) in [7, 11) is 0. The van der Waals surface area contributed by atoms with Crippen LogP contribution in [0.4, 0.5) is 0 Å². The smallest absolute Gasteiger partial charge is 0.226 e. The molecule has 0 bridgehead atoms. The third-order valence-electron chi connectivity index (χ3n) is 2.90. The lowest BCUT2D eigenvalue weighted by molar-refractivity contribution is 0.861. The molecule has 7 heteroatoms. The van der Waals surface area contributed by atoms with Gasteiger partial charge in [0.25, 0.3) is 0 Å². The van der Waals surface area contributed by atoms with E-state index >= 15 is 0 Å². The Bertz CT molecular complexity index is 885. The molecule has 0 unspecified atom stereocenters. The monoisotopic (exact) mass is 292 g/mol. The molecule has 0 amide bonds. The quantitative estimate of drug-likeness (QED) is 0.557. The fourth-order valence-corrected chi connectivity index (χ4v) is 1.87. The molecule has 22 heavy (non-hydrogen) atoms. The zero-order chi connectivity index (χ0) is 15.2. The zero-order valence-corrected chi connectivity index (χ0v) is 11.5. The van der Waals surface area contributed by atoms with Crippen LogP contribution in [0.3, 0.4) is 0 Å². The molecule has 2 N–H and O–H groups in total. The molecule has 4 rings (SSSR count). The number of benzene rings is 2. The summed E-state index contributed by atoms with van der Waals surface area (Å²) >= 11 is 0. The van der Waals surface area contributed by atoms with E-state index in [9.17, 15) is 4.79 Å². The van der Waals surface area contributed by atoms with Crippen LogP contribution in [0.5, 0.6) is 0 Å². The molecule has 0 atom stereocenters. The van der Waals surface area contributed by atoms with E-state index in [1.165, 1.54) is 6.20 Å². The molecule has 108 valence electrons. The molecule has 0 saturated carbocycles. The van der Waals surface area contributed by atoms with Crippen LogP contribution in [-0.2, 0) is 0 Å². The van der Waals surface area contributed by atoms with Gasteiger partial charge in [-0.25, -0.2) is 0 Å². The molecule has 2 aromatic heterocycles. The number of rotatable bonds is 1. The molecule has 0 aliphatic heterocycles. The lowest BCUT2D eigenvalue weighted by atomic mass is 10.1. The van der Waals surface area contributed by atoms with Crippen LogP contribution in [0.15, 0.2) is 65.6 Å². The summed E-state index contributed by atoms with van der Waals surface area (Å²) in [4.78, 5) is 11.3. The maximum atomic E-state index is 11.3. The van der Waals surface area contributed by atoms with E-state index in [2.05, 4.69) is 30.8 Å². The first kappa shape index (κ1) is 13.6. The standard InChI is InChI=1S/C9H7N3O.C6H5N3/c13-8-6-10-12-11-9(8)7-4-2-1-3-5-7;1-2-4-6-5(3-1)7-9-8-6/h1-6H,(H,12,13);1-4H,(H,7,8,9). The minimum absolute atomic E-state index is 0.176.